The van der Waals surface area contributed by atoms with E-state index in [-0.39, 0.29) is 0 Å². The third-order valence-electron chi connectivity index (χ3n) is 1.26. The van der Waals surface area contributed by atoms with Gasteiger partial charge in [0.1, 0.15) is 0 Å². The van der Waals surface area contributed by atoms with Crippen LogP contribution >= 0.6 is 0 Å². The van der Waals surface area contributed by atoms with Gasteiger partial charge in [0.2, 0.25) is 0 Å². The number of alkyl halides is 2. The molecular weight excluding hydrogens is 142 g/mol. The quantitative estimate of drug-likeness (QED) is 0.654. The first-order valence-corrected chi connectivity index (χ1v) is 2.98. The first kappa shape index (κ1) is 9.49. The second-order valence-corrected chi connectivity index (χ2v) is 2.13. The first-order valence-electron chi connectivity index (χ1n) is 2.98. The minimum Gasteiger partial charge on any atom is -0.379 e. The van der Waals surface area contributed by atoms with Crippen molar-refractivity contribution in [3.63, 3.8) is 0 Å². The van der Waals surface area contributed by atoms with Crippen LogP contribution in [-0.4, -0.2) is 22.9 Å². The third kappa shape index (κ3) is 2.02. The number of carbonyl (C=O) groups excluding carboxylic acids is 1. The molecule has 1 unspecified atom stereocenters. The van der Waals surface area contributed by atoms with Gasteiger partial charge in [-0.2, -0.15) is 0 Å². The number of aliphatic hydroxyl groups is 1. The van der Waals surface area contributed by atoms with E-state index in [1.54, 1.807) is 0 Å². The fraction of sp³-hybridized carbons (Fsp3) is 0.833. The molecule has 0 aromatic rings. The fourth-order valence-electron chi connectivity index (χ4n) is 0.491. The number of Topliss-reactive ketones (excluding diaryl/α,β-unsaturated/α-hetero) is 1. The Morgan fingerprint density at radius 3 is 2.20 bits per heavy atom. The van der Waals surface area contributed by atoms with Crippen molar-refractivity contribution in [3.8, 4) is 0 Å². The molecular formula is C6H10F2O2. The summed E-state index contributed by atoms with van der Waals surface area (Å²) in [4.78, 5) is 10.2. The number of hydrogen-bond acceptors (Lipinski definition) is 2. The van der Waals surface area contributed by atoms with Crippen molar-refractivity contribution in [1.29, 1.82) is 0 Å². The van der Waals surface area contributed by atoms with Gasteiger partial charge in [-0.1, -0.05) is 6.92 Å². The van der Waals surface area contributed by atoms with Crippen LogP contribution in [0.15, 0.2) is 0 Å². The van der Waals surface area contributed by atoms with Crippen LogP contribution in [0, 0.1) is 0 Å². The highest BCUT2D eigenvalue weighted by molar-refractivity contribution is 5.81. The predicted octanol–water partition coefficient (Wildman–Crippen LogP) is 0.982. The van der Waals surface area contributed by atoms with Crippen molar-refractivity contribution < 1.29 is 18.7 Å². The molecule has 1 atom stereocenters. The van der Waals surface area contributed by atoms with Gasteiger partial charge in [0.15, 0.2) is 11.9 Å². The van der Waals surface area contributed by atoms with Crippen molar-refractivity contribution >= 4 is 5.78 Å². The average molecular weight is 152 g/mol. The molecule has 0 aromatic heterocycles. The van der Waals surface area contributed by atoms with Crippen LogP contribution in [0.5, 0.6) is 0 Å². The molecule has 0 amide bonds. The molecule has 0 spiro atoms. The molecule has 0 heterocycles. The van der Waals surface area contributed by atoms with Gasteiger partial charge in [-0.25, -0.2) is 8.78 Å². The SMILES string of the molecule is CCC(F)(F)C(O)C(C)=O. The van der Waals surface area contributed by atoms with Crippen LogP contribution in [-0.2, 0) is 4.79 Å². The van der Waals surface area contributed by atoms with Gasteiger partial charge in [-0.05, 0) is 6.92 Å². The molecule has 60 valence electrons. The molecule has 0 aliphatic heterocycles. The van der Waals surface area contributed by atoms with Crippen molar-refractivity contribution in [3.05, 3.63) is 0 Å². The highest BCUT2D eigenvalue weighted by atomic mass is 19.3. The number of hydrogen-bond donors (Lipinski definition) is 1. The van der Waals surface area contributed by atoms with E-state index in [1.165, 1.54) is 6.92 Å². The van der Waals surface area contributed by atoms with Crippen LogP contribution in [0.1, 0.15) is 20.3 Å². The fourth-order valence-corrected chi connectivity index (χ4v) is 0.491. The van der Waals surface area contributed by atoms with Crippen LogP contribution in [0.4, 0.5) is 8.78 Å². The Morgan fingerprint density at radius 2 is 2.10 bits per heavy atom. The Bertz CT molecular complexity index is 134. The van der Waals surface area contributed by atoms with E-state index < -0.39 is 24.2 Å². The highest BCUT2D eigenvalue weighted by Crippen LogP contribution is 2.22. The Kier molecular flexibility index (Phi) is 2.90. The third-order valence-corrected chi connectivity index (χ3v) is 1.26. The van der Waals surface area contributed by atoms with Crippen molar-refractivity contribution in [2.45, 2.75) is 32.3 Å². The smallest absolute Gasteiger partial charge is 0.280 e. The summed E-state index contributed by atoms with van der Waals surface area (Å²) >= 11 is 0. The van der Waals surface area contributed by atoms with Gasteiger partial charge in [-0.3, -0.25) is 4.79 Å². The Hall–Kier alpha value is -0.510. The summed E-state index contributed by atoms with van der Waals surface area (Å²) in [6.45, 7) is 2.15. The standard InChI is InChI=1S/C6H10F2O2/c1-3-6(7,8)5(10)4(2)9/h5,10H,3H2,1-2H3. The van der Waals surface area contributed by atoms with E-state index in [4.69, 9.17) is 5.11 Å². The largest absolute Gasteiger partial charge is 0.379 e. The van der Waals surface area contributed by atoms with E-state index in [2.05, 4.69) is 0 Å². The summed E-state index contributed by atoms with van der Waals surface area (Å²) in [7, 11) is 0. The van der Waals surface area contributed by atoms with Crippen molar-refractivity contribution in [2.75, 3.05) is 0 Å². The van der Waals surface area contributed by atoms with E-state index in [0.29, 0.717) is 0 Å². The Balaban J connectivity index is 4.17. The molecule has 0 saturated heterocycles. The zero-order valence-corrected chi connectivity index (χ0v) is 5.90. The molecule has 4 heteroatoms. The van der Waals surface area contributed by atoms with E-state index in [9.17, 15) is 13.6 Å². The topological polar surface area (TPSA) is 37.3 Å². The molecule has 0 rings (SSSR count). The lowest BCUT2D eigenvalue weighted by Crippen LogP contribution is -2.38. The van der Waals surface area contributed by atoms with Gasteiger partial charge >= 0.3 is 0 Å². The minimum atomic E-state index is -3.27. The van der Waals surface area contributed by atoms with Gasteiger partial charge in [0.05, 0.1) is 0 Å². The zero-order chi connectivity index (χ0) is 8.36. The maximum absolute atomic E-state index is 12.3. The van der Waals surface area contributed by atoms with Crippen LogP contribution in [0.25, 0.3) is 0 Å². The molecule has 0 aliphatic rings. The molecule has 0 saturated carbocycles. The maximum atomic E-state index is 12.3. The monoisotopic (exact) mass is 152 g/mol. The van der Waals surface area contributed by atoms with Crippen LogP contribution in [0.3, 0.4) is 0 Å². The second-order valence-electron chi connectivity index (χ2n) is 2.13. The number of rotatable bonds is 3. The highest BCUT2D eigenvalue weighted by Gasteiger charge is 2.39. The van der Waals surface area contributed by atoms with Crippen molar-refractivity contribution in [2.24, 2.45) is 0 Å². The summed E-state index contributed by atoms with van der Waals surface area (Å²) < 4.78 is 24.7. The van der Waals surface area contributed by atoms with E-state index >= 15 is 0 Å². The van der Waals surface area contributed by atoms with Crippen LogP contribution in [0.2, 0.25) is 0 Å². The summed E-state index contributed by atoms with van der Waals surface area (Å²) in [5, 5.41) is 8.55. The second kappa shape index (κ2) is 3.05. The number of ketones is 1. The lowest BCUT2D eigenvalue weighted by molar-refractivity contribution is -0.150. The van der Waals surface area contributed by atoms with Crippen LogP contribution < -0.4 is 0 Å². The summed E-state index contributed by atoms with van der Waals surface area (Å²) in [5.74, 6) is -4.17. The van der Waals surface area contributed by atoms with Gasteiger partial charge in [0, 0.05) is 6.42 Å². The van der Waals surface area contributed by atoms with Gasteiger partial charge < -0.3 is 5.11 Å². The Morgan fingerprint density at radius 1 is 1.70 bits per heavy atom. The molecule has 10 heavy (non-hydrogen) atoms. The molecule has 1 N–H and O–H groups in total. The summed E-state index contributed by atoms with van der Waals surface area (Å²) in [6.07, 6.45) is -2.66. The summed E-state index contributed by atoms with van der Waals surface area (Å²) in [5.41, 5.74) is 0. The normalized spacial score (nSPS) is 14.9. The Labute approximate surface area is 57.9 Å². The lowest BCUT2D eigenvalue weighted by Gasteiger charge is -2.17. The molecule has 0 fully saturated rings. The van der Waals surface area contributed by atoms with Gasteiger partial charge in [0.25, 0.3) is 5.92 Å². The van der Waals surface area contributed by atoms with E-state index in [0.717, 1.165) is 6.92 Å². The predicted molar refractivity (Wildman–Crippen MR) is 31.9 cm³/mol. The summed E-state index contributed by atoms with van der Waals surface area (Å²) in [6, 6.07) is 0. The zero-order valence-electron chi connectivity index (χ0n) is 5.90. The minimum absolute atomic E-state index is 0.520. The first-order chi connectivity index (χ1) is 4.41. The lowest BCUT2D eigenvalue weighted by atomic mass is 10.1. The number of carbonyl (C=O) groups is 1. The number of aliphatic hydroxyl groups excluding tert-OH is 1. The van der Waals surface area contributed by atoms with E-state index in [1.807, 2.05) is 0 Å². The molecule has 0 aromatic carbocycles. The molecule has 0 radical (unpaired) electrons. The van der Waals surface area contributed by atoms with Gasteiger partial charge in [-0.15, -0.1) is 0 Å². The molecule has 2 nitrogen and oxygen atoms in total. The van der Waals surface area contributed by atoms with Crippen molar-refractivity contribution in [1.82, 2.24) is 0 Å². The average Bonchev–Trinajstić information content (AvgIpc) is 1.86. The number of halogens is 2. The molecule has 0 aliphatic carbocycles. The maximum Gasteiger partial charge on any atom is 0.280 e. The molecule has 0 bridgehead atoms.